The molecule has 1 saturated carbocycles. The molecule has 0 aliphatic heterocycles. The van der Waals surface area contributed by atoms with Crippen LogP contribution in [-0.2, 0) is 9.53 Å². The number of carbonyl (C=O) groups is 1. The van der Waals surface area contributed by atoms with Crippen LogP contribution in [0.1, 0.15) is 37.1 Å². The average molecular weight is 347 g/mol. The lowest BCUT2D eigenvalue weighted by atomic mass is 9.98. The van der Waals surface area contributed by atoms with Crippen LogP contribution in [0.4, 0.5) is 0 Å². The summed E-state index contributed by atoms with van der Waals surface area (Å²) in [6.45, 7) is 1.80. The van der Waals surface area contributed by atoms with Crippen LogP contribution in [0.25, 0.3) is 11.3 Å². The first kappa shape index (κ1) is 16.6. The van der Waals surface area contributed by atoms with Crippen LogP contribution in [0.5, 0.6) is 0 Å². The molecule has 126 valence electrons. The largest absolute Gasteiger partial charge is 0.465 e. The van der Waals surface area contributed by atoms with Gasteiger partial charge < -0.3 is 4.74 Å². The van der Waals surface area contributed by atoms with E-state index in [1.807, 2.05) is 18.2 Å². The number of benzene rings is 1. The van der Waals surface area contributed by atoms with Gasteiger partial charge in [-0.05, 0) is 53.8 Å². The number of allylic oxidation sites excluding steroid dienone is 1. The molecule has 0 radical (unpaired) electrons. The molecule has 1 aliphatic rings. The number of aromatic nitrogens is 4. The third-order valence-electron chi connectivity index (χ3n) is 4.32. The van der Waals surface area contributed by atoms with Crippen molar-refractivity contribution in [2.75, 3.05) is 7.11 Å². The summed E-state index contributed by atoms with van der Waals surface area (Å²) in [5, 5.41) is 11.9. The van der Waals surface area contributed by atoms with Crippen LogP contribution in [0.15, 0.2) is 24.3 Å². The van der Waals surface area contributed by atoms with Gasteiger partial charge in [0.05, 0.1) is 23.4 Å². The molecule has 24 heavy (non-hydrogen) atoms. The van der Waals surface area contributed by atoms with Gasteiger partial charge in [-0.15, -0.1) is 5.10 Å². The lowest BCUT2D eigenvalue weighted by Crippen LogP contribution is -2.07. The van der Waals surface area contributed by atoms with Crippen LogP contribution in [0.2, 0.25) is 5.02 Å². The van der Waals surface area contributed by atoms with Crippen molar-refractivity contribution in [1.29, 1.82) is 0 Å². The molecule has 1 aromatic heterocycles. The molecule has 1 aliphatic carbocycles. The number of nitrogens with zero attached hydrogens (tertiary/aromatic N) is 4. The number of rotatable bonds is 4. The molecule has 0 amide bonds. The van der Waals surface area contributed by atoms with Gasteiger partial charge in [0.1, 0.15) is 0 Å². The van der Waals surface area contributed by atoms with Crippen LogP contribution in [0, 0.1) is 12.8 Å². The molecular formula is C17H19ClN4O2. The van der Waals surface area contributed by atoms with E-state index in [1.54, 1.807) is 17.7 Å². The van der Waals surface area contributed by atoms with Gasteiger partial charge in [0.15, 0.2) is 5.82 Å². The first-order valence-corrected chi connectivity index (χ1v) is 8.33. The Morgan fingerprint density at radius 2 is 2.12 bits per heavy atom. The quantitative estimate of drug-likeness (QED) is 0.627. The van der Waals surface area contributed by atoms with Gasteiger partial charge in [0, 0.05) is 0 Å². The lowest BCUT2D eigenvalue weighted by Gasteiger charge is -2.11. The Balaban J connectivity index is 1.98. The molecule has 2 aromatic rings. The Morgan fingerprint density at radius 3 is 2.71 bits per heavy atom. The monoisotopic (exact) mass is 346 g/mol. The molecule has 0 unspecified atom stereocenters. The van der Waals surface area contributed by atoms with Gasteiger partial charge in [-0.25, -0.2) is 4.79 Å². The third-order valence-corrected chi connectivity index (χ3v) is 4.62. The number of tetrazole rings is 1. The van der Waals surface area contributed by atoms with Gasteiger partial charge in [0.2, 0.25) is 0 Å². The highest BCUT2D eigenvalue weighted by Crippen LogP contribution is 2.31. The molecule has 1 aromatic carbocycles. The number of methoxy groups -OCH3 is 1. The molecule has 6 nitrogen and oxygen atoms in total. The topological polar surface area (TPSA) is 69.9 Å². The maximum Gasteiger partial charge on any atom is 0.338 e. The van der Waals surface area contributed by atoms with Crippen LogP contribution in [0.3, 0.4) is 0 Å². The Morgan fingerprint density at radius 1 is 1.38 bits per heavy atom. The molecule has 0 bridgehead atoms. The summed E-state index contributed by atoms with van der Waals surface area (Å²) in [6.07, 6.45) is 6.64. The molecular weight excluding hydrogens is 328 g/mol. The van der Waals surface area contributed by atoms with Crippen molar-refractivity contribution < 1.29 is 9.53 Å². The van der Waals surface area contributed by atoms with Crippen molar-refractivity contribution in [3.05, 3.63) is 40.7 Å². The SMILES string of the molecule is COC(=O)C(=CC1CCCC1)c1ccc(-n2nnnc2C)c(Cl)c1. The molecule has 3 rings (SSSR count). The van der Waals surface area contributed by atoms with Crippen molar-refractivity contribution in [3.63, 3.8) is 0 Å². The second kappa shape index (κ2) is 7.13. The van der Waals surface area contributed by atoms with Gasteiger partial charge in [-0.1, -0.05) is 36.6 Å². The van der Waals surface area contributed by atoms with Crippen LogP contribution in [-0.4, -0.2) is 33.3 Å². The molecule has 0 atom stereocenters. The van der Waals surface area contributed by atoms with E-state index < -0.39 is 0 Å². The van der Waals surface area contributed by atoms with Crippen molar-refractivity contribution in [3.8, 4) is 5.69 Å². The Kier molecular flexibility index (Phi) is 4.94. The first-order valence-electron chi connectivity index (χ1n) is 7.95. The summed E-state index contributed by atoms with van der Waals surface area (Å²) in [5.74, 6) is 0.711. The number of aryl methyl sites for hydroxylation is 1. The van der Waals surface area contributed by atoms with E-state index in [0.29, 0.717) is 28.0 Å². The fourth-order valence-corrected chi connectivity index (χ4v) is 3.31. The van der Waals surface area contributed by atoms with Gasteiger partial charge in [-0.3, -0.25) is 0 Å². The summed E-state index contributed by atoms with van der Waals surface area (Å²) in [6, 6.07) is 5.42. The zero-order valence-electron chi connectivity index (χ0n) is 13.7. The fourth-order valence-electron chi connectivity index (χ4n) is 3.05. The molecule has 0 spiro atoms. The van der Waals surface area contributed by atoms with Crippen molar-refractivity contribution in [2.24, 2.45) is 5.92 Å². The predicted octanol–water partition coefficient (Wildman–Crippen LogP) is 3.37. The summed E-state index contributed by atoms with van der Waals surface area (Å²) in [4.78, 5) is 12.2. The molecule has 0 saturated heterocycles. The number of halogens is 1. The normalized spacial score (nSPS) is 15.7. The number of carbonyl (C=O) groups excluding carboxylic acids is 1. The smallest absolute Gasteiger partial charge is 0.338 e. The molecule has 1 fully saturated rings. The highest BCUT2D eigenvalue weighted by Gasteiger charge is 2.20. The van der Waals surface area contributed by atoms with Gasteiger partial charge >= 0.3 is 5.97 Å². The van der Waals surface area contributed by atoms with Gasteiger partial charge in [0.25, 0.3) is 0 Å². The predicted molar refractivity (Wildman–Crippen MR) is 90.9 cm³/mol. The fraction of sp³-hybridized carbons (Fsp3) is 0.412. The van der Waals surface area contributed by atoms with E-state index in [2.05, 4.69) is 15.5 Å². The number of esters is 1. The van der Waals surface area contributed by atoms with Crippen molar-refractivity contribution in [1.82, 2.24) is 20.2 Å². The number of hydrogen-bond donors (Lipinski definition) is 0. The van der Waals surface area contributed by atoms with Crippen molar-refractivity contribution >= 4 is 23.1 Å². The van der Waals surface area contributed by atoms with E-state index in [0.717, 1.165) is 18.4 Å². The number of hydrogen-bond acceptors (Lipinski definition) is 5. The lowest BCUT2D eigenvalue weighted by molar-refractivity contribution is -0.133. The third kappa shape index (κ3) is 3.33. The summed E-state index contributed by atoms with van der Waals surface area (Å²) in [7, 11) is 1.39. The highest BCUT2D eigenvalue weighted by atomic mass is 35.5. The molecule has 1 heterocycles. The minimum absolute atomic E-state index is 0.343. The zero-order valence-corrected chi connectivity index (χ0v) is 14.5. The zero-order chi connectivity index (χ0) is 17.1. The Labute approximate surface area is 145 Å². The first-order chi connectivity index (χ1) is 11.6. The second-order valence-electron chi connectivity index (χ2n) is 5.92. The highest BCUT2D eigenvalue weighted by molar-refractivity contribution is 6.33. The van der Waals surface area contributed by atoms with E-state index >= 15 is 0 Å². The van der Waals surface area contributed by atoms with Gasteiger partial charge in [-0.2, -0.15) is 4.68 Å². The van der Waals surface area contributed by atoms with Crippen LogP contribution >= 0.6 is 11.6 Å². The summed E-state index contributed by atoms with van der Waals surface area (Å²) >= 11 is 6.41. The second-order valence-corrected chi connectivity index (χ2v) is 6.33. The average Bonchev–Trinajstić information content (AvgIpc) is 3.23. The van der Waals surface area contributed by atoms with E-state index in [9.17, 15) is 4.79 Å². The maximum absolute atomic E-state index is 12.2. The Bertz CT molecular complexity index is 779. The minimum Gasteiger partial charge on any atom is -0.465 e. The van der Waals surface area contributed by atoms with E-state index in [-0.39, 0.29) is 5.97 Å². The summed E-state index contributed by atoms with van der Waals surface area (Å²) < 4.78 is 6.51. The molecule has 0 N–H and O–H groups in total. The van der Waals surface area contributed by atoms with E-state index in [1.165, 1.54) is 20.0 Å². The summed E-state index contributed by atoms with van der Waals surface area (Å²) in [5.41, 5.74) is 1.98. The maximum atomic E-state index is 12.2. The molecule has 7 heteroatoms. The Hall–Kier alpha value is -2.21. The van der Waals surface area contributed by atoms with Crippen LogP contribution < -0.4 is 0 Å². The van der Waals surface area contributed by atoms with Crippen molar-refractivity contribution in [2.45, 2.75) is 32.6 Å². The minimum atomic E-state index is -0.343. The van der Waals surface area contributed by atoms with E-state index in [4.69, 9.17) is 16.3 Å². The number of ether oxygens (including phenoxy) is 1. The standard InChI is InChI=1S/C17H19ClN4O2/c1-11-19-20-21-22(11)16-8-7-13(10-15(16)18)14(17(23)24-2)9-12-5-3-4-6-12/h7-10,12H,3-6H2,1-2H3.